The molecule has 0 radical (unpaired) electrons. The van der Waals surface area contributed by atoms with Gasteiger partial charge in [0, 0.05) is 49.9 Å². The summed E-state index contributed by atoms with van der Waals surface area (Å²) in [5.41, 5.74) is 6.38. The Bertz CT molecular complexity index is 1650. The Labute approximate surface area is 255 Å². The third-order valence-electron chi connectivity index (χ3n) is 8.78. The van der Waals surface area contributed by atoms with Crippen molar-refractivity contribution in [1.29, 1.82) is 0 Å². The van der Waals surface area contributed by atoms with Crippen molar-refractivity contribution in [3.63, 3.8) is 0 Å². The summed E-state index contributed by atoms with van der Waals surface area (Å²) in [7, 11) is 3.65. The van der Waals surface area contributed by atoms with Crippen molar-refractivity contribution in [3.8, 4) is 17.0 Å². The minimum absolute atomic E-state index is 0.0541. The number of aromatic nitrogens is 3. The number of aryl methyl sites for hydroxylation is 3. The van der Waals surface area contributed by atoms with Gasteiger partial charge in [-0.1, -0.05) is 17.7 Å². The zero-order valence-electron chi connectivity index (χ0n) is 25.0. The van der Waals surface area contributed by atoms with Crippen molar-refractivity contribution in [3.05, 3.63) is 82.0 Å². The monoisotopic (exact) mass is 599 g/mol. The smallest absolute Gasteiger partial charge is 0.307 e. The third-order valence-corrected chi connectivity index (χ3v) is 9.68. The molecule has 43 heavy (non-hydrogen) atoms. The number of carboxylic acids is 1. The van der Waals surface area contributed by atoms with Gasteiger partial charge in [0.15, 0.2) is 5.13 Å². The van der Waals surface area contributed by atoms with Gasteiger partial charge >= 0.3 is 5.97 Å². The molecule has 0 spiro atoms. The van der Waals surface area contributed by atoms with Crippen LogP contribution in [0.3, 0.4) is 0 Å². The van der Waals surface area contributed by atoms with Crippen LogP contribution in [-0.2, 0) is 25.0 Å². The van der Waals surface area contributed by atoms with E-state index in [0.717, 1.165) is 70.5 Å². The molecule has 4 aromatic rings. The van der Waals surface area contributed by atoms with Gasteiger partial charge in [0.25, 0.3) is 5.91 Å². The Balaban J connectivity index is 1.14. The number of aliphatic carboxylic acids is 1. The van der Waals surface area contributed by atoms with E-state index in [1.807, 2.05) is 56.6 Å². The molecule has 2 fully saturated rings. The van der Waals surface area contributed by atoms with Gasteiger partial charge in [-0.25, -0.2) is 4.98 Å². The Morgan fingerprint density at radius 3 is 2.53 bits per heavy atom. The lowest BCUT2D eigenvalue weighted by molar-refractivity contribution is -0.144. The predicted molar refractivity (Wildman–Crippen MR) is 166 cm³/mol. The number of amides is 1. The van der Waals surface area contributed by atoms with Crippen LogP contribution in [0.5, 0.6) is 5.75 Å². The van der Waals surface area contributed by atoms with Crippen LogP contribution in [0.1, 0.15) is 45.6 Å². The van der Waals surface area contributed by atoms with Crippen molar-refractivity contribution in [2.75, 3.05) is 25.0 Å². The number of anilines is 1. The second-order valence-corrected chi connectivity index (χ2v) is 12.8. The fourth-order valence-corrected chi connectivity index (χ4v) is 7.36. The van der Waals surface area contributed by atoms with Crippen molar-refractivity contribution in [1.82, 2.24) is 19.7 Å². The molecule has 9 nitrogen and oxygen atoms in total. The normalized spacial score (nSPS) is 19.4. The number of carbonyl (C=O) groups is 2. The SMILES string of the molecule is Cc1ccc(OCc2ccc(C(=O)N(C)Cc3ccn(C)n3)cc2C)c(-c2csc(N3C[C@H]4CC[C@@H](C3)[C@H]4C(=O)O)n2)c1. The van der Waals surface area contributed by atoms with Crippen molar-refractivity contribution in [2.45, 2.75) is 39.8 Å². The van der Waals surface area contributed by atoms with E-state index in [1.165, 1.54) is 0 Å². The molecule has 1 aliphatic heterocycles. The number of hydrogen-bond donors (Lipinski definition) is 1. The van der Waals surface area contributed by atoms with Crippen LogP contribution in [0.2, 0.25) is 0 Å². The molecule has 1 saturated heterocycles. The summed E-state index contributed by atoms with van der Waals surface area (Å²) < 4.78 is 8.09. The second-order valence-electron chi connectivity index (χ2n) is 12.0. The van der Waals surface area contributed by atoms with Crippen molar-refractivity contribution >= 4 is 28.3 Å². The Kier molecular flexibility index (Phi) is 7.96. The number of piperidine rings is 1. The average molecular weight is 600 g/mol. The average Bonchev–Trinajstić information content (AvgIpc) is 3.70. The molecule has 6 rings (SSSR count). The van der Waals surface area contributed by atoms with Gasteiger partial charge in [-0.2, -0.15) is 5.10 Å². The highest BCUT2D eigenvalue weighted by Gasteiger charge is 2.46. The van der Waals surface area contributed by atoms with Gasteiger partial charge in [-0.05, 0) is 80.0 Å². The van der Waals surface area contributed by atoms with E-state index in [9.17, 15) is 14.7 Å². The minimum Gasteiger partial charge on any atom is -0.488 e. The lowest BCUT2D eigenvalue weighted by atomic mass is 9.85. The molecule has 2 bridgehead atoms. The topological polar surface area (TPSA) is 101 Å². The summed E-state index contributed by atoms with van der Waals surface area (Å²) in [4.78, 5) is 33.8. The van der Waals surface area contributed by atoms with Crippen LogP contribution in [0.4, 0.5) is 5.13 Å². The molecule has 3 atom stereocenters. The number of benzene rings is 2. The number of ether oxygens (including phenoxy) is 1. The quantitative estimate of drug-likeness (QED) is 0.269. The lowest BCUT2D eigenvalue weighted by Gasteiger charge is -2.35. The van der Waals surface area contributed by atoms with Gasteiger partial charge in [0.05, 0.1) is 23.9 Å². The number of rotatable bonds is 9. The molecular formula is C33H37N5O4S. The van der Waals surface area contributed by atoms with Gasteiger partial charge in [0.2, 0.25) is 0 Å². The van der Waals surface area contributed by atoms with E-state index in [4.69, 9.17) is 9.72 Å². The zero-order valence-corrected chi connectivity index (χ0v) is 25.8. The summed E-state index contributed by atoms with van der Waals surface area (Å²) in [5, 5.41) is 17.1. The fourth-order valence-electron chi connectivity index (χ4n) is 6.51. The number of carboxylic acid groups (broad SMARTS) is 1. The number of fused-ring (bicyclic) bond motifs is 2. The number of thiazole rings is 1. The van der Waals surface area contributed by atoms with E-state index >= 15 is 0 Å². The number of hydrogen-bond acceptors (Lipinski definition) is 7. The van der Waals surface area contributed by atoms with Crippen LogP contribution in [0.25, 0.3) is 11.3 Å². The molecule has 1 N–H and O–H groups in total. The van der Waals surface area contributed by atoms with Crippen LogP contribution in [0.15, 0.2) is 54.0 Å². The standard InChI is InChI=1S/C33H37N5O4S/c1-20-5-10-29(27(13-20)28-19-43-33(34-28)38-15-23-7-8-24(16-38)30(23)32(40)41)42-18-25-9-6-22(14-21(25)2)31(39)36(3)17-26-11-12-37(4)35-26/h5-6,9-14,19,23-24,30H,7-8,15-18H2,1-4H3,(H,40,41)/t23-,24+,30+. The van der Waals surface area contributed by atoms with E-state index in [0.29, 0.717) is 18.7 Å². The van der Waals surface area contributed by atoms with E-state index in [-0.39, 0.29) is 23.7 Å². The minimum atomic E-state index is -0.655. The second kappa shape index (κ2) is 11.8. The highest BCUT2D eigenvalue weighted by Crippen LogP contribution is 2.44. The van der Waals surface area contributed by atoms with Crippen LogP contribution >= 0.6 is 11.3 Å². The van der Waals surface area contributed by atoms with Crippen LogP contribution < -0.4 is 9.64 Å². The van der Waals surface area contributed by atoms with Gasteiger partial charge in [-0.15, -0.1) is 11.3 Å². The number of nitrogens with zero attached hydrogens (tertiary/aromatic N) is 5. The third kappa shape index (κ3) is 6.01. The molecule has 2 aromatic carbocycles. The first kappa shape index (κ1) is 28.9. The zero-order chi connectivity index (χ0) is 30.2. The Hall–Kier alpha value is -4.18. The predicted octanol–water partition coefficient (Wildman–Crippen LogP) is 5.56. The van der Waals surface area contributed by atoms with Crippen LogP contribution in [-0.4, -0.2) is 56.8 Å². The van der Waals surface area contributed by atoms with E-state index < -0.39 is 5.97 Å². The highest BCUT2D eigenvalue weighted by molar-refractivity contribution is 7.14. The van der Waals surface area contributed by atoms with E-state index in [1.54, 1.807) is 28.0 Å². The molecule has 0 unspecified atom stereocenters. The first-order valence-corrected chi connectivity index (χ1v) is 15.5. The summed E-state index contributed by atoms with van der Waals surface area (Å²) in [6.07, 6.45) is 3.82. The lowest BCUT2D eigenvalue weighted by Crippen LogP contribution is -2.44. The maximum Gasteiger partial charge on any atom is 0.307 e. The van der Waals surface area contributed by atoms with Gasteiger partial charge in [0.1, 0.15) is 12.4 Å². The molecule has 3 heterocycles. The maximum absolute atomic E-state index is 13.1. The Morgan fingerprint density at radius 2 is 1.86 bits per heavy atom. The molecule has 2 aromatic heterocycles. The van der Waals surface area contributed by atoms with Gasteiger partial charge < -0.3 is 19.6 Å². The summed E-state index contributed by atoms with van der Waals surface area (Å²) in [5.74, 6) is 0.192. The van der Waals surface area contributed by atoms with Gasteiger partial charge in [-0.3, -0.25) is 14.3 Å². The fraction of sp³-hybridized carbons (Fsp3) is 0.394. The van der Waals surface area contributed by atoms with Crippen molar-refractivity contribution in [2.24, 2.45) is 24.8 Å². The van der Waals surface area contributed by atoms with E-state index in [2.05, 4.69) is 28.4 Å². The summed E-state index contributed by atoms with van der Waals surface area (Å²) in [6, 6.07) is 13.8. The maximum atomic E-state index is 13.1. The molecule has 1 amide bonds. The number of carbonyl (C=O) groups excluding carboxylic acids is 1. The molecule has 224 valence electrons. The first-order valence-electron chi connectivity index (χ1n) is 14.7. The Morgan fingerprint density at radius 1 is 1.09 bits per heavy atom. The summed E-state index contributed by atoms with van der Waals surface area (Å²) in [6.45, 7) is 6.35. The largest absolute Gasteiger partial charge is 0.488 e. The van der Waals surface area contributed by atoms with Crippen molar-refractivity contribution < 1.29 is 19.4 Å². The highest BCUT2D eigenvalue weighted by atomic mass is 32.1. The molecule has 2 aliphatic rings. The molecule has 1 saturated carbocycles. The summed E-state index contributed by atoms with van der Waals surface area (Å²) >= 11 is 1.60. The van der Waals surface area contributed by atoms with Crippen LogP contribution in [0, 0.1) is 31.6 Å². The molecule has 10 heteroatoms. The molecule has 1 aliphatic carbocycles. The molecular weight excluding hydrogens is 562 g/mol. The first-order chi connectivity index (χ1) is 20.7.